The van der Waals surface area contributed by atoms with Gasteiger partial charge in [0.25, 0.3) is 0 Å². The quantitative estimate of drug-likeness (QED) is 0.759. The Morgan fingerprint density at radius 1 is 1.15 bits per heavy atom. The first-order chi connectivity index (χ1) is 13.1. The van der Waals surface area contributed by atoms with Gasteiger partial charge in [0.1, 0.15) is 5.82 Å². The van der Waals surface area contributed by atoms with Crippen molar-refractivity contribution in [2.45, 2.75) is 63.1 Å². The van der Waals surface area contributed by atoms with Crippen molar-refractivity contribution in [2.75, 3.05) is 5.75 Å². The number of hydrogen-bond donors (Lipinski definition) is 1. The van der Waals surface area contributed by atoms with Crippen LogP contribution in [0, 0.1) is 11.8 Å². The Hall–Kier alpha value is -1.82. The predicted molar refractivity (Wildman–Crippen MR) is 108 cm³/mol. The lowest BCUT2D eigenvalue weighted by atomic mass is 9.78. The summed E-state index contributed by atoms with van der Waals surface area (Å²) >= 11 is 1.48. The van der Waals surface area contributed by atoms with Gasteiger partial charge in [-0.1, -0.05) is 56.7 Å². The summed E-state index contributed by atoms with van der Waals surface area (Å²) in [6.45, 7) is 4.55. The van der Waals surface area contributed by atoms with E-state index in [1.807, 2.05) is 18.2 Å². The van der Waals surface area contributed by atoms with Gasteiger partial charge in [0.2, 0.25) is 5.91 Å². The molecule has 4 rings (SSSR count). The normalized spacial score (nSPS) is 25.3. The first-order valence-corrected chi connectivity index (χ1v) is 11.0. The molecule has 27 heavy (non-hydrogen) atoms. The topological polar surface area (TPSA) is 59.8 Å². The molecule has 2 saturated carbocycles. The van der Waals surface area contributed by atoms with Crippen molar-refractivity contribution in [1.29, 1.82) is 0 Å². The second-order valence-electron chi connectivity index (χ2n) is 8.02. The third-order valence-corrected chi connectivity index (χ3v) is 6.93. The molecule has 1 heterocycles. The summed E-state index contributed by atoms with van der Waals surface area (Å²) in [7, 11) is 0. The van der Waals surface area contributed by atoms with Gasteiger partial charge in [0, 0.05) is 17.6 Å². The summed E-state index contributed by atoms with van der Waals surface area (Å²) in [4.78, 5) is 12.5. The molecule has 0 unspecified atom stereocenters. The molecule has 0 aliphatic heterocycles. The highest BCUT2D eigenvalue weighted by Gasteiger charge is 2.31. The van der Waals surface area contributed by atoms with E-state index in [1.54, 1.807) is 0 Å². The molecule has 5 nitrogen and oxygen atoms in total. The Bertz CT molecular complexity index is 787. The van der Waals surface area contributed by atoms with Crippen molar-refractivity contribution < 1.29 is 4.79 Å². The zero-order chi connectivity index (χ0) is 18.8. The highest BCUT2D eigenvalue weighted by molar-refractivity contribution is 7.99. The molecule has 1 N–H and O–H groups in total. The van der Waals surface area contributed by atoms with E-state index in [9.17, 15) is 4.79 Å². The highest BCUT2D eigenvalue weighted by atomic mass is 32.2. The molecule has 2 aliphatic carbocycles. The monoisotopic (exact) mass is 384 g/mol. The van der Waals surface area contributed by atoms with Crippen molar-refractivity contribution >= 4 is 17.7 Å². The first kappa shape index (κ1) is 18.5. The Morgan fingerprint density at radius 3 is 2.67 bits per heavy atom. The number of para-hydroxylation sites is 1. The summed E-state index contributed by atoms with van der Waals surface area (Å²) in [6, 6.07) is 10.5. The highest BCUT2D eigenvalue weighted by Crippen LogP contribution is 2.41. The molecule has 0 saturated heterocycles. The molecule has 2 fully saturated rings. The predicted octanol–water partition coefficient (Wildman–Crippen LogP) is 4.18. The zero-order valence-corrected chi connectivity index (χ0v) is 16.9. The molecule has 2 aromatic rings. The molecule has 1 amide bonds. The van der Waals surface area contributed by atoms with E-state index in [0.29, 0.717) is 29.5 Å². The van der Waals surface area contributed by atoms with Gasteiger partial charge in [-0.15, -0.1) is 10.2 Å². The second kappa shape index (κ2) is 8.05. The van der Waals surface area contributed by atoms with Crippen molar-refractivity contribution in [1.82, 2.24) is 20.1 Å². The minimum atomic E-state index is 0.0986. The van der Waals surface area contributed by atoms with Crippen LogP contribution in [0.4, 0.5) is 0 Å². The number of carbonyl (C=O) groups is 1. The Kier molecular flexibility index (Phi) is 5.53. The van der Waals surface area contributed by atoms with E-state index in [2.05, 4.69) is 46.1 Å². The molecular formula is C21H28N4OS. The van der Waals surface area contributed by atoms with Gasteiger partial charge in [-0.3, -0.25) is 9.36 Å². The molecule has 1 aromatic heterocycles. The summed E-state index contributed by atoms with van der Waals surface area (Å²) in [5.41, 5.74) is 1.07. The number of nitrogens with one attached hydrogen (secondary N) is 1. The largest absolute Gasteiger partial charge is 0.352 e. The Balaban J connectivity index is 1.43. The van der Waals surface area contributed by atoms with Crippen LogP contribution >= 0.6 is 11.8 Å². The van der Waals surface area contributed by atoms with Crippen LogP contribution in [0.2, 0.25) is 0 Å². The number of hydrogen-bond acceptors (Lipinski definition) is 4. The Labute approximate surface area is 165 Å². The van der Waals surface area contributed by atoms with E-state index in [4.69, 9.17) is 0 Å². The van der Waals surface area contributed by atoms with Crippen molar-refractivity contribution in [3.05, 3.63) is 36.2 Å². The molecule has 0 spiro atoms. The first-order valence-electron chi connectivity index (χ1n) is 10.1. The molecule has 1 aromatic carbocycles. The van der Waals surface area contributed by atoms with E-state index in [1.165, 1.54) is 37.4 Å². The van der Waals surface area contributed by atoms with Gasteiger partial charge in [-0.25, -0.2) is 0 Å². The van der Waals surface area contributed by atoms with E-state index in [0.717, 1.165) is 23.1 Å². The molecule has 144 valence electrons. The average Bonchev–Trinajstić information content (AvgIpc) is 3.44. The van der Waals surface area contributed by atoms with Crippen LogP contribution in [0.15, 0.2) is 35.5 Å². The number of nitrogens with zero attached hydrogens (tertiary/aromatic N) is 3. The third-order valence-electron chi connectivity index (χ3n) is 6.00. The summed E-state index contributed by atoms with van der Waals surface area (Å²) in [5.74, 6) is 3.24. The van der Waals surface area contributed by atoms with Gasteiger partial charge in [0.05, 0.1) is 5.75 Å². The minimum absolute atomic E-state index is 0.0986. The fourth-order valence-electron chi connectivity index (χ4n) is 3.96. The smallest absolute Gasteiger partial charge is 0.230 e. The Morgan fingerprint density at radius 2 is 1.93 bits per heavy atom. The molecule has 3 atom stereocenters. The standard InChI is InChI=1S/C21H28N4OS/c1-14-7-6-10-18(15(14)2)22-19(26)13-27-21-24-23-20(16-11-12-16)25(21)17-8-4-3-5-9-17/h3-5,8-9,14-16,18H,6-7,10-13H2,1-2H3,(H,22,26)/t14-,15-,18-/m1/s1. The molecule has 2 aliphatic rings. The van der Waals surface area contributed by atoms with Crippen molar-refractivity contribution in [2.24, 2.45) is 11.8 Å². The van der Waals surface area contributed by atoms with Gasteiger partial charge in [0.15, 0.2) is 5.16 Å². The van der Waals surface area contributed by atoms with Crippen LogP contribution < -0.4 is 5.32 Å². The summed E-state index contributed by atoms with van der Waals surface area (Å²) in [5, 5.41) is 12.9. The minimum Gasteiger partial charge on any atom is -0.352 e. The van der Waals surface area contributed by atoms with Gasteiger partial charge >= 0.3 is 0 Å². The molecule has 0 radical (unpaired) electrons. The van der Waals surface area contributed by atoms with Crippen LogP contribution in [0.1, 0.15) is 57.7 Å². The fourth-order valence-corrected chi connectivity index (χ4v) is 4.73. The number of amides is 1. The second-order valence-corrected chi connectivity index (χ2v) is 8.96. The third kappa shape index (κ3) is 4.21. The van der Waals surface area contributed by atoms with Crippen LogP contribution in [0.25, 0.3) is 5.69 Å². The van der Waals surface area contributed by atoms with Crippen molar-refractivity contribution in [3.8, 4) is 5.69 Å². The van der Waals surface area contributed by atoms with Gasteiger partial charge < -0.3 is 5.32 Å². The van der Waals surface area contributed by atoms with Gasteiger partial charge in [-0.2, -0.15) is 0 Å². The van der Waals surface area contributed by atoms with Crippen LogP contribution in [-0.2, 0) is 4.79 Å². The number of benzene rings is 1. The van der Waals surface area contributed by atoms with Crippen LogP contribution in [-0.4, -0.2) is 32.5 Å². The summed E-state index contributed by atoms with van der Waals surface area (Å²) in [6.07, 6.45) is 5.92. The lowest BCUT2D eigenvalue weighted by molar-refractivity contribution is -0.120. The van der Waals surface area contributed by atoms with Crippen LogP contribution in [0.3, 0.4) is 0 Å². The van der Waals surface area contributed by atoms with E-state index < -0.39 is 0 Å². The lowest BCUT2D eigenvalue weighted by Crippen LogP contribution is -2.44. The number of rotatable bonds is 6. The summed E-state index contributed by atoms with van der Waals surface area (Å²) < 4.78 is 2.13. The SMILES string of the molecule is C[C@@H]1[C@H](C)CCC[C@H]1NC(=O)CSc1nnc(C2CC2)n1-c1ccccc1. The zero-order valence-electron chi connectivity index (χ0n) is 16.1. The maximum Gasteiger partial charge on any atom is 0.230 e. The maximum absolute atomic E-state index is 12.5. The van der Waals surface area contributed by atoms with Crippen LogP contribution in [0.5, 0.6) is 0 Å². The number of aromatic nitrogens is 3. The van der Waals surface area contributed by atoms with E-state index in [-0.39, 0.29) is 5.91 Å². The average molecular weight is 385 g/mol. The lowest BCUT2D eigenvalue weighted by Gasteiger charge is -2.34. The van der Waals surface area contributed by atoms with Crippen molar-refractivity contribution in [3.63, 3.8) is 0 Å². The molecular weight excluding hydrogens is 356 g/mol. The molecule has 0 bridgehead atoms. The molecule has 6 heteroatoms. The fraction of sp³-hybridized carbons (Fsp3) is 0.571. The van der Waals surface area contributed by atoms with Gasteiger partial charge in [-0.05, 0) is 43.2 Å². The van der Waals surface area contributed by atoms with E-state index >= 15 is 0 Å². The maximum atomic E-state index is 12.5. The number of carbonyl (C=O) groups excluding carboxylic acids is 1. The number of thioether (sulfide) groups is 1.